The van der Waals surface area contributed by atoms with Gasteiger partial charge in [0.15, 0.2) is 5.43 Å². The van der Waals surface area contributed by atoms with Crippen molar-refractivity contribution in [2.75, 3.05) is 31.5 Å². The molecule has 5 rings (SSSR count). The number of fused-ring (bicyclic) bond motifs is 3. The van der Waals surface area contributed by atoms with Gasteiger partial charge in [-0.05, 0) is 49.0 Å². The number of rotatable bonds is 8. The summed E-state index contributed by atoms with van der Waals surface area (Å²) in [5.41, 5.74) is 1.68. The predicted octanol–water partition coefficient (Wildman–Crippen LogP) is 4.53. The van der Waals surface area contributed by atoms with Crippen molar-refractivity contribution in [2.45, 2.75) is 20.3 Å². The minimum Gasteiger partial charge on any atom is -0.383 e. The van der Waals surface area contributed by atoms with Crippen LogP contribution in [0.2, 0.25) is 0 Å². The van der Waals surface area contributed by atoms with Crippen LogP contribution in [0.1, 0.15) is 40.1 Å². The molecular weight excluding hydrogens is 486 g/mol. The van der Waals surface area contributed by atoms with Crippen LogP contribution in [0.25, 0.3) is 20.2 Å². The van der Waals surface area contributed by atoms with E-state index in [0.29, 0.717) is 33.3 Å². The lowest BCUT2D eigenvalue weighted by molar-refractivity contribution is -0.125. The lowest BCUT2D eigenvalue weighted by Gasteiger charge is -2.19. The fourth-order valence-electron chi connectivity index (χ4n) is 4.79. The summed E-state index contributed by atoms with van der Waals surface area (Å²) in [7, 11) is 0. The Morgan fingerprint density at radius 3 is 2.22 bits per heavy atom. The van der Waals surface area contributed by atoms with E-state index in [1.54, 1.807) is 24.3 Å². The Kier molecular flexibility index (Phi) is 6.86. The summed E-state index contributed by atoms with van der Waals surface area (Å²) in [5.74, 6) is -1.82. The molecule has 3 amide bonds. The molecule has 37 heavy (non-hydrogen) atoms. The zero-order valence-electron chi connectivity index (χ0n) is 20.7. The quantitative estimate of drug-likeness (QED) is 0.275. The number of hydrogen-bond acceptors (Lipinski definition) is 7. The van der Waals surface area contributed by atoms with Crippen molar-refractivity contribution in [2.24, 2.45) is 0 Å². The molecule has 0 saturated heterocycles. The molecule has 2 heterocycles. The number of imide groups is 3. The Balaban J connectivity index is 1.53. The van der Waals surface area contributed by atoms with E-state index in [2.05, 4.69) is 24.1 Å². The Morgan fingerprint density at radius 2 is 1.54 bits per heavy atom. The fraction of sp³-hybridized carbons (Fsp3) is 0.241. The highest BCUT2D eigenvalue weighted by molar-refractivity contribution is 7.24. The first kappa shape index (κ1) is 24.8. The smallest absolute Gasteiger partial charge is 0.268 e. The minimum atomic E-state index is -0.609. The first-order valence-electron chi connectivity index (χ1n) is 12.4. The molecule has 1 aliphatic heterocycles. The highest BCUT2D eigenvalue weighted by Gasteiger charge is 2.39. The molecule has 7 nitrogen and oxygen atoms in total. The number of benzene rings is 3. The normalized spacial score (nSPS) is 13.1. The first-order valence-corrected chi connectivity index (χ1v) is 13.2. The highest BCUT2D eigenvalue weighted by Crippen LogP contribution is 2.33. The van der Waals surface area contributed by atoms with E-state index in [4.69, 9.17) is 0 Å². The van der Waals surface area contributed by atoms with E-state index in [0.717, 1.165) is 29.2 Å². The summed E-state index contributed by atoms with van der Waals surface area (Å²) < 4.78 is 1.50. The number of nitrogens with zero attached hydrogens (tertiary/aromatic N) is 2. The van der Waals surface area contributed by atoms with Gasteiger partial charge in [-0.1, -0.05) is 44.2 Å². The number of amides is 3. The molecule has 0 spiro atoms. The molecule has 0 atom stereocenters. The maximum Gasteiger partial charge on any atom is 0.268 e. The van der Waals surface area contributed by atoms with Crippen molar-refractivity contribution in [3.8, 4) is 0 Å². The van der Waals surface area contributed by atoms with Gasteiger partial charge in [0.1, 0.15) is 0 Å². The summed E-state index contributed by atoms with van der Waals surface area (Å²) in [6, 6.07) is 17.5. The zero-order chi connectivity index (χ0) is 26.1. The van der Waals surface area contributed by atoms with E-state index in [-0.39, 0.29) is 23.0 Å². The maximum atomic E-state index is 13.6. The van der Waals surface area contributed by atoms with Crippen molar-refractivity contribution in [3.05, 3.63) is 87.6 Å². The van der Waals surface area contributed by atoms with Crippen LogP contribution in [0.3, 0.4) is 0 Å². The van der Waals surface area contributed by atoms with Crippen LogP contribution in [-0.4, -0.2) is 53.7 Å². The van der Waals surface area contributed by atoms with Crippen molar-refractivity contribution in [1.29, 1.82) is 0 Å². The molecule has 3 aromatic carbocycles. The largest absolute Gasteiger partial charge is 0.383 e. The van der Waals surface area contributed by atoms with E-state index >= 15 is 0 Å². The van der Waals surface area contributed by atoms with Crippen LogP contribution in [0.15, 0.2) is 65.5 Å². The SMILES string of the molecule is CCN(CC)CCNc1ccc(CC(=O)N2C(=O)c3ccccc3C2=O)c2sc3ccccc3c(=O)c12. The van der Waals surface area contributed by atoms with Gasteiger partial charge in [-0.15, -0.1) is 11.3 Å². The van der Waals surface area contributed by atoms with Gasteiger partial charge < -0.3 is 10.2 Å². The van der Waals surface area contributed by atoms with E-state index in [1.165, 1.54) is 11.3 Å². The van der Waals surface area contributed by atoms with Gasteiger partial charge in [0.2, 0.25) is 5.91 Å². The number of anilines is 1. The Bertz CT molecular complexity index is 1570. The van der Waals surface area contributed by atoms with Gasteiger partial charge in [0.25, 0.3) is 11.8 Å². The zero-order valence-corrected chi connectivity index (χ0v) is 21.6. The van der Waals surface area contributed by atoms with Crippen LogP contribution >= 0.6 is 11.3 Å². The molecule has 1 aromatic heterocycles. The standard InChI is InChI=1S/C29H27N3O4S/c1-3-31(4-2)16-15-30-22-14-13-18(27-25(22)26(34)21-11-7-8-12-23(21)37-27)17-24(33)32-28(35)19-9-5-6-10-20(19)29(32)36/h5-14,30H,3-4,15-17H2,1-2H3. The topological polar surface area (TPSA) is 86.8 Å². The van der Waals surface area contributed by atoms with Gasteiger partial charge in [-0.3, -0.25) is 19.2 Å². The van der Waals surface area contributed by atoms with Gasteiger partial charge >= 0.3 is 0 Å². The molecule has 0 radical (unpaired) electrons. The van der Waals surface area contributed by atoms with Crippen molar-refractivity contribution in [1.82, 2.24) is 9.80 Å². The van der Waals surface area contributed by atoms with E-state index in [9.17, 15) is 19.2 Å². The Labute approximate surface area is 218 Å². The van der Waals surface area contributed by atoms with Crippen LogP contribution in [0.5, 0.6) is 0 Å². The second-order valence-corrected chi connectivity index (χ2v) is 9.97. The lowest BCUT2D eigenvalue weighted by atomic mass is 10.1. The molecular formula is C29H27N3O4S. The molecule has 0 aliphatic carbocycles. The predicted molar refractivity (Wildman–Crippen MR) is 148 cm³/mol. The van der Waals surface area contributed by atoms with E-state index < -0.39 is 17.7 Å². The molecule has 0 fully saturated rings. The molecule has 1 aliphatic rings. The van der Waals surface area contributed by atoms with Crippen LogP contribution in [0, 0.1) is 0 Å². The van der Waals surface area contributed by atoms with Gasteiger partial charge in [0.05, 0.1) is 22.9 Å². The molecule has 1 N–H and O–H groups in total. The summed E-state index contributed by atoms with van der Waals surface area (Å²) in [5, 5.41) is 4.56. The number of carbonyl (C=O) groups is 3. The van der Waals surface area contributed by atoms with Gasteiger partial charge in [0, 0.05) is 33.6 Å². The Hall–Kier alpha value is -3.88. The van der Waals surface area contributed by atoms with Gasteiger partial charge in [-0.25, -0.2) is 4.90 Å². The number of carbonyl (C=O) groups excluding carboxylic acids is 3. The average molecular weight is 514 g/mol. The monoisotopic (exact) mass is 513 g/mol. The van der Waals surface area contributed by atoms with Crippen molar-refractivity contribution >= 4 is 54.9 Å². The minimum absolute atomic E-state index is 0.107. The first-order chi connectivity index (χ1) is 17.9. The van der Waals surface area contributed by atoms with Crippen LogP contribution < -0.4 is 10.7 Å². The summed E-state index contributed by atoms with van der Waals surface area (Å²) in [4.78, 5) is 55.6. The third kappa shape index (κ3) is 4.43. The second-order valence-electron chi connectivity index (χ2n) is 8.92. The Morgan fingerprint density at radius 1 is 0.892 bits per heavy atom. The summed E-state index contributed by atoms with van der Waals surface area (Å²) >= 11 is 1.44. The third-order valence-electron chi connectivity index (χ3n) is 6.83. The number of hydrogen-bond donors (Lipinski definition) is 1. The second kappa shape index (κ2) is 10.2. The molecule has 0 bridgehead atoms. The average Bonchev–Trinajstić information content (AvgIpc) is 3.17. The van der Waals surface area contributed by atoms with Crippen molar-refractivity contribution in [3.63, 3.8) is 0 Å². The van der Waals surface area contributed by atoms with Crippen LogP contribution in [-0.2, 0) is 11.2 Å². The lowest BCUT2D eigenvalue weighted by Crippen LogP contribution is -2.37. The van der Waals surface area contributed by atoms with Crippen LogP contribution in [0.4, 0.5) is 5.69 Å². The molecule has 8 heteroatoms. The highest BCUT2D eigenvalue weighted by atomic mass is 32.1. The number of nitrogens with one attached hydrogen (secondary N) is 1. The fourth-order valence-corrected chi connectivity index (χ4v) is 6.00. The van der Waals surface area contributed by atoms with E-state index in [1.807, 2.05) is 36.4 Å². The van der Waals surface area contributed by atoms with Gasteiger partial charge in [-0.2, -0.15) is 0 Å². The molecule has 0 unspecified atom stereocenters. The summed E-state index contributed by atoms with van der Waals surface area (Å²) in [6.07, 6.45) is -0.171. The third-order valence-corrected chi connectivity index (χ3v) is 8.08. The van der Waals surface area contributed by atoms with Crippen molar-refractivity contribution < 1.29 is 14.4 Å². The molecule has 188 valence electrons. The summed E-state index contributed by atoms with van der Waals surface area (Å²) in [6.45, 7) is 7.61. The molecule has 0 saturated carbocycles. The number of likely N-dealkylation sites (N-methyl/N-ethyl adjacent to an activating group) is 1. The maximum absolute atomic E-state index is 13.6. The molecule has 4 aromatic rings.